The van der Waals surface area contributed by atoms with Crippen molar-refractivity contribution >= 4 is 17.9 Å². The van der Waals surface area contributed by atoms with Crippen LogP contribution in [0.3, 0.4) is 0 Å². The third-order valence-electron chi connectivity index (χ3n) is 12.3. The van der Waals surface area contributed by atoms with Gasteiger partial charge in [0.25, 0.3) is 0 Å². The van der Waals surface area contributed by atoms with E-state index in [9.17, 15) is 14.4 Å². The van der Waals surface area contributed by atoms with Gasteiger partial charge in [0.1, 0.15) is 13.2 Å². The second-order valence-electron chi connectivity index (χ2n) is 19.4. The predicted molar refractivity (Wildman–Crippen MR) is 252 cm³/mol. The summed E-state index contributed by atoms with van der Waals surface area (Å²) in [6.07, 6.45) is 43.7. The third kappa shape index (κ3) is 45.8. The summed E-state index contributed by atoms with van der Waals surface area (Å²) in [6.45, 7) is 13.7. The number of ether oxygens (including phenoxy) is 3. The number of carbonyl (C=O) groups is 3. The second kappa shape index (κ2) is 44.5. The quantitative estimate of drug-likeness (QED) is 0.0345. The number of hydrogen-bond donors (Lipinski definition) is 0. The van der Waals surface area contributed by atoms with E-state index in [1.54, 1.807) is 0 Å². The normalized spacial score (nSPS) is 12.6. The van der Waals surface area contributed by atoms with Gasteiger partial charge in [-0.15, -0.1) is 0 Å². The van der Waals surface area contributed by atoms with Crippen LogP contribution < -0.4 is 0 Å². The monoisotopic (exact) mass is 835 g/mol. The summed E-state index contributed by atoms with van der Waals surface area (Å²) in [4.78, 5) is 37.9. The van der Waals surface area contributed by atoms with Crippen molar-refractivity contribution in [3.05, 3.63) is 0 Å². The van der Waals surface area contributed by atoms with Gasteiger partial charge in [-0.1, -0.05) is 247 Å². The first-order valence-electron chi connectivity index (χ1n) is 26.1. The second-order valence-corrected chi connectivity index (χ2v) is 19.4. The predicted octanol–water partition coefficient (Wildman–Crippen LogP) is 16.8. The fourth-order valence-corrected chi connectivity index (χ4v) is 7.91. The number of hydrogen-bond acceptors (Lipinski definition) is 6. The summed E-state index contributed by atoms with van der Waals surface area (Å²) in [5.41, 5.74) is 0. The van der Waals surface area contributed by atoms with E-state index in [-0.39, 0.29) is 31.1 Å². The maximum Gasteiger partial charge on any atom is 0.306 e. The molecule has 0 bridgehead atoms. The summed E-state index contributed by atoms with van der Waals surface area (Å²) in [6, 6.07) is 0. The molecule has 0 aliphatic carbocycles. The number of rotatable bonds is 46. The molecule has 0 rings (SSSR count). The zero-order valence-electron chi connectivity index (χ0n) is 40.5. The van der Waals surface area contributed by atoms with Crippen LogP contribution in [-0.4, -0.2) is 37.2 Å². The van der Waals surface area contributed by atoms with Crippen molar-refractivity contribution < 1.29 is 28.6 Å². The highest BCUT2D eigenvalue weighted by atomic mass is 16.6. The van der Waals surface area contributed by atoms with Crippen molar-refractivity contribution in [3.63, 3.8) is 0 Å². The Hall–Kier alpha value is -1.59. The lowest BCUT2D eigenvalue weighted by atomic mass is 9.99. The van der Waals surface area contributed by atoms with Gasteiger partial charge in [0, 0.05) is 19.3 Å². The maximum absolute atomic E-state index is 12.8. The van der Waals surface area contributed by atoms with Crippen LogP contribution >= 0.6 is 0 Å². The van der Waals surface area contributed by atoms with Crippen molar-refractivity contribution in [3.8, 4) is 0 Å². The van der Waals surface area contributed by atoms with Gasteiger partial charge >= 0.3 is 17.9 Å². The van der Waals surface area contributed by atoms with Crippen molar-refractivity contribution in [1.29, 1.82) is 0 Å². The SMILES string of the molecule is CCC(C)CCCCCCCCCCCCC(=O)OC[C@@H](COC(=O)CCCCCCCCCCCCCCCC(C)C)OC(=O)CCCCCCCCCCC(C)C. The van der Waals surface area contributed by atoms with Gasteiger partial charge in [-0.3, -0.25) is 14.4 Å². The molecular weight excluding hydrogens is 733 g/mol. The Balaban J connectivity index is 4.30. The molecular formula is C53H102O6. The van der Waals surface area contributed by atoms with Crippen LogP contribution in [0.5, 0.6) is 0 Å². The summed E-state index contributed by atoms with van der Waals surface area (Å²) in [7, 11) is 0. The molecule has 0 saturated heterocycles. The highest BCUT2D eigenvalue weighted by Crippen LogP contribution is 2.18. The van der Waals surface area contributed by atoms with Crippen LogP contribution in [0.15, 0.2) is 0 Å². The van der Waals surface area contributed by atoms with Gasteiger partial charge in [-0.2, -0.15) is 0 Å². The van der Waals surface area contributed by atoms with E-state index >= 15 is 0 Å². The third-order valence-corrected chi connectivity index (χ3v) is 12.3. The summed E-state index contributed by atoms with van der Waals surface area (Å²) in [5.74, 6) is 1.65. The highest BCUT2D eigenvalue weighted by Gasteiger charge is 2.19. The van der Waals surface area contributed by atoms with E-state index in [1.165, 1.54) is 167 Å². The molecule has 0 saturated carbocycles. The molecule has 59 heavy (non-hydrogen) atoms. The zero-order valence-corrected chi connectivity index (χ0v) is 40.5. The Bertz CT molecular complexity index is 916. The van der Waals surface area contributed by atoms with Gasteiger partial charge in [0.15, 0.2) is 6.10 Å². The average molecular weight is 835 g/mol. The molecule has 6 nitrogen and oxygen atoms in total. The van der Waals surface area contributed by atoms with Gasteiger partial charge in [-0.05, 0) is 37.0 Å². The van der Waals surface area contributed by atoms with Gasteiger partial charge in [0.2, 0.25) is 0 Å². The molecule has 2 atom stereocenters. The van der Waals surface area contributed by atoms with Gasteiger partial charge < -0.3 is 14.2 Å². The maximum atomic E-state index is 12.8. The Morgan fingerprint density at radius 2 is 0.593 bits per heavy atom. The van der Waals surface area contributed by atoms with Crippen LogP contribution in [0.4, 0.5) is 0 Å². The minimum absolute atomic E-state index is 0.0650. The van der Waals surface area contributed by atoms with E-state index < -0.39 is 6.10 Å². The zero-order chi connectivity index (χ0) is 43.4. The molecule has 0 heterocycles. The lowest BCUT2D eigenvalue weighted by Crippen LogP contribution is -2.30. The Kier molecular flexibility index (Phi) is 43.3. The molecule has 1 unspecified atom stereocenters. The first-order valence-corrected chi connectivity index (χ1v) is 26.1. The molecule has 0 aromatic heterocycles. The number of carbonyl (C=O) groups excluding carboxylic acids is 3. The molecule has 0 aromatic rings. The van der Waals surface area contributed by atoms with Crippen LogP contribution in [-0.2, 0) is 28.6 Å². The number of unbranched alkanes of at least 4 members (excludes halogenated alkanes) is 28. The first kappa shape index (κ1) is 57.4. The topological polar surface area (TPSA) is 78.9 Å². The van der Waals surface area contributed by atoms with Crippen LogP contribution in [0.25, 0.3) is 0 Å². The molecule has 0 aliphatic heterocycles. The summed E-state index contributed by atoms with van der Waals surface area (Å²) >= 11 is 0. The minimum Gasteiger partial charge on any atom is -0.462 e. The van der Waals surface area contributed by atoms with Crippen molar-refractivity contribution in [1.82, 2.24) is 0 Å². The standard InChI is InChI=1S/C53H102O6/c1-7-49(6)41-35-29-23-16-13-14-18-25-31-37-43-52(55)58-46-50(59-53(56)44-38-32-26-20-19-22-28-34-40-48(4)5)45-57-51(54)42-36-30-24-17-12-10-8-9-11-15-21-27-33-39-47(2)3/h47-50H,7-46H2,1-6H3/t49?,50-/m1/s1. The van der Waals surface area contributed by atoms with Gasteiger partial charge in [0.05, 0.1) is 0 Å². The van der Waals surface area contributed by atoms with Crippen LogP contribution in [0.1, 0.15) is 286 Å². The largest absolute Gasteiger partial charge is 0.462 e. The van der Waals surface area contributed by atoms with E-state index in [4.69, 9.17) is 14.2 Å². The first-order chi connectivity index (χ1) is 28.6. The fourth-order valence-electron chi connectivity index (χ4n) is 7.91. The molecule has 0 amide bonds. The lowest BCUT2D eigenvalue weighted by molar-refractivity contribution is -0.167. The average Bonchev–Trinajstić information content (AvgIpc) is 3.20. The van der Waals surface area contributed by atoms with Crippen molar-refractivity contribution in [2.24, 2.45) is 17.8 Å². The van der Waals surface area contributed by atoms with Gasteiger partial charge in [-0.25, -0.2) is 0 Å². The number of esters is 3. The van der Waals surface area contributed by atoms with Crippen LogP contribution in [0, 0.1) is 17.8 Å². The van der Waals surface area contributed by atoms with E-state index in [2.05, 4.69) is 41.5 Å². The van der Waals surface area contributed by atoms with Crippen molar-refractivity contribution in [2.75, 3.05) is 13.2 Å². The molecule has 0 aromatic carbocycles. The molecule has 350 valence electrons. The summed E-state index contributed by atoms with van der Waals surface area (Å²) < 4.78 is 16.8. The van der Waals surface area contributed by atoms with E-state index in [1.807, 2.05) is 0 Å². The molecule has 6 heteroatoms. The summed E-state index contributed by atoms with van der Waals surface area (Å²) in [5, 5.41) is 0. The molecule has 0 fully saturated rings. The van der Waals surface area contributed by atoms with E-state index in [0.29, 0.717) is 19.3 Å². The molecule has 0 radical (unpaired) electrons. The molecule has 0 aliphatic rings. The van der Waals surface area contributed by atoms with Crippen molar-refractivity contribution in [2.45, 2.75) is 292 Å². The molecule has 0 spiro atoms. The Labute approximate surface area is 368 Å². The van der Waals surface area contributed by atoms with Crippen LogP contribution in [0.2, 0.25) is 0 Å². The smallest absolute Gasteiger partial charge is 0.306 e. The fraction of sp³-hybridized carbons (Fsp3) is 0.943. The highest BCUT2D eigenvalue weighted by molar-refractivity contribution is 5.71. The lowest BCUT2D eigenvalue weighted by Gasteiger charge is -2.18. The Morgan fingerprint density at radius 3 is 0.881 bits per heavy atom. The molecule has 0 N–H and O–H groups in total. The van der Waals surface area contributed by atoms with E-state index in [0.717, 1.165) is 75.5 Å². The minimum atomic E-state index is -0.763. The Morgan fingerprint density at radius 1 is 0.339 bits per heavy atom.